The summed E-state index contributed by atoms with van der Waals surface area (Å²) in [6.45, 7) is 0. The third kappa shape index (κ3) is 3.89. The molecule has 1 aromatic heterocycles. The summed E-state index contributed by atoms with van der Waals surface area (Å²) in [5, 5.41) is 0. The number of fused-ring (bicyclic) bond motifs is 1. The smallest absolute Gasteiger partial charge is 0.271 e. The van der Waals surface area contributed by atoms with E-state index in [1.165, 1.54) is 6.07 Å². The molecule has 1 heterocycles. The highest BCUT2D eigenvalue weighted by atomic mass is 79.9. The highest BCUT2D eigenvalue weighted by Gasteiger charge is 2.27. The van der Waals surface area contributed by atoms with E-state index in [-0.39, 0.29) is 4.21 Å². The molecule has 5 nitrogen and oxygen atoms in total. The average Bonchev–Trinajstić information content (AvgIpc) is 2.94. The van der Waals surface area contributed by atoms with Gasteiger partial charge in [-0.25, -0.2) is 8.42 Å². The zero-order chi connectivity index (χ0) is 19.1. The van der Waals surface area contributed by atoms with Crippen molar-refractivity contribution in [2.24, 2.45) is 0 Å². The van der Waals surface area contributed by atoms with Crippen molar-refractivity contribution in [3.8, 4) is 5.75 Å². The second kappa shape index (κ2) is 7.67. The minimum Gasteiger partial charge on any atom is -0.496 e. The van der Waals surface area contributed by atoms with Gasteiger partial charge in [0.15, 0.2) is 0 Å². The molecule has 0 spiro atoms. The second-order valence-corrected chi connectivity index (χ2v) is 10.8. The third-order valence-corrected chi connectivity index (χ3v) is 8.95. The Labute approximate surface area is 171 Å². The van der Waals surface area contributed by atoms with Crippen LogP contribution in [0.15, 0.2) is 26.9 Å². The number of hydrogen-bond donors (Lipinski definition) is 1. The van der Waals surface area contributed by atoms with Crippen molar-refractivity contribution in [3.63, 3.8) is 0 Å². The fraction of sp³-hybridized carbons (Fsp3) is 0.412. The number of hydrogen-bond acceptors (Lipinski definition) is 5. The Morgan fingerprint density at radius 1 is 1.35 bits per heavy atom. The van der Waals surface area contributed by atoms with Gasteiger partial charge in [-0.3, -0.25) is 4.72 Å². The quantitative estimate of drug-likeness (QED) is 0.691. The topological polar surface area (TPSA) is 58.6 Å². The number of ether oxygens (including phenoxy) is 1. The predicted octanol–water partition coefficient (Wildman–Crippen LogP) is 4.39. The van der Waals surface area contributed by atoms with E-state index in [4.69, 9.17) is 16.3 Å². The molecule has 1 aromatic carbocycles. The van der Waals surface area contributed by atoms with Crippen LogP contribution in [-0.4, -0.2) is 40.6 Å². The molecule has 1 atom stereocenters. The molecule has 0 amide bonds. The number of methoxy groups -OCH3 is 1. The maximum absolute atomic E-state index is 12.8. The van der Waals surface area contributed by atoms with Crippen molar-refractivity contribution in [2.75, 3.05) is 25.9 Å². The van der Waals surface area contributed by atoms with Crippen molar-refractivity contribution in [3.05, 3.63) is 38.1 Å². The summed E-state index contributed by atoms with van der Waals surface area (Å²) >= 11 is 10.3. The van der Waals surface area contributed by atoms with Gasteiger partial charge in [0.25, 0.3) is 10.0 Å². The van der Waals surface area contributed by atoms with E-state index in [9.17, 15) is 8.42 Å². The molecule has 26 heavy (non-hydrogen) atoms. The number of nitrogens with one attached hydrogen (secondary N) is 1. The molecule has 0 radical (unpaired) electrons. The van der Waals surface area contributed by atoms with Gasteiger partial charge in [-0.2, -0.15) is 0 Å². The summed E-state index contributed by atoms with van der Waals surface area (Å²) in [6.07, 6.45) is 2.60. The summed E-state index contributed by atoms with van der Waals surface area (Å²) in [5.74, 6) is 0.802. The fourth-order valence-electron chi connectivity index (χ4n) is 3.21. The summed E-state index contributed by atoms with van der Waals surface area (Å²) in [4.78, 5) is 2.20. The number of anilines is 1. The van der Waals surface area contributed by atoms with Gasteiger partial charge < -0.3 is 9.64 Å². The van der Waals surface area contributed by atoms with Crippen LogP contribution >= 0.6 is 38.9 Å². The summed E-state index contributed by atoms with van der Waals surface area (Å²) in [7, 11) is 2.07. The van der Waals surface area contributed by atoms with Crippen LogP contribution in [0.25, 0.3) is 0 Å². The van der Waals surface area contributed by atoms with Crippen LogP contribution in [0, 0.1) is 0 Å². The lowest BCUT2D eigenvalue weighted by molar-refractivity contribution is 0.265. The Bertz CT molecular complexity index is 909. The largest absolute Gasteiger partial charge is 0.496 e. The monoisotopic (exact) mass is 478 g/mol. The first-order valence-corrected chi connectivity index (χ1v) is 11.5. The van der Waals surface area contributed by atoms with Crippen molar-refractivity contribution < 1.29 is 13.2 Å². The first-order chi connectivity index (χ1) is 12.2. The van der Waals surface area contributed by atoms with Gasteiger partial charge in [0, 0.05) is 16.1 Å². The molecule has 1 N–H and O–H groups in total. The van der Waals surface area contributed by atoms with E-state index >= 15 is 0 Å². The number of rotatable bonds is 5. The normalized spacial score (nSPS) is 17.2. The molecule has 142 valence electrons. The maximum Gasteiger partial charge on any atom is 0.271 e. The van der Waals surface area contributed by atoms with E-state index in [2.05, 4.69) is 39.6 Å². The number of nitrogens with zero attached hydrogens (tertiary/aromatic N) is 1. The van der Waals surface area contributed by atoms with Crippen LogP contribution in [-0.2, 0) is 22.9 Å². The van der Waals surface area contributed by atoms with E-state index in [1.54, 1.807) is 13.2 Å². The van der Waals surface area contributed by atoms with Gasteiger partial charge in [0.05, 0.1) is 12.8 Å². The molecule has 9 heteroatoms. The van der Waals surface area contributed by atoms with E-state index in [1.807, 2.05) is 6.07 Å². The van der Waals surface area contributed by atoms with Gasteiger partial charge in [-0.05, 0) is 73.1 Å². The lowest BCUT2D eigenvalue weighted by Gasteiger charge is -2.32. The first-order valence-electron chi connectivity index (χ1n) is 8.05. The van der Waals surface area contributed by atoms with Gasteiger partial charge in [0.1, 0.15) is 14.3 Å². The Morgan fingerprint density at radius 2 is 2.08 bits per heavy atom. The molecule has 3 rings (SSSR count). The van der Waals surface area contributed by atoms with Crippen molar-refractivity contribution in [1.29, 1.82) is 0 Å². The molecule has 1 aliphatic carbocycles. The Kier molecular flexibility index (Phi) is 5.89. The van der Waals surface area contributed by atoms with Crippen molar-refractivity contribution in [2.45, 2.75) is 29.5 Å². The summed E-state index contributed by atoms with van der Waals surface area (Å²) in [5.41, 5.74) is 2.69. The molecule has 0 fully saturated rings. The molecule has 1 unspecified atom stereocenters. The van der Waals surface area contributed by atoms with Gasteiger partial charge in [-0.15, -0.1) is 11.3 Å². The van der Waals surface area contributed by atoms with Crippen molar-refractivity contribution >= 4 is 54.6 Å². The molecular formula is C17H20BrClN2O3S2. The van der Waals surface area contributed by atoms with E-state index in [0.717, 1.165) is 47.5 Å². The Hall–Kier alpha value is -0.800. The highest BCUT2D eigenvalue weighted by molar-refractivity contribution is 9.10. The fourth-order valence-corrected chi connectivity index (χ4v) is 6.61. The summed E-state index contributed by atoms with van der Waals surface area (Å²) in [6, 6.07) is 5.53. The molecule has 0 aliphatic heterocycles. The summed E-state index contributed by atoms with van der Waals surface area (Å²) < 4.78 is 34.9. The first kappa shape index (κ1) is 19.9. The number of benzene rings is 1. The van der Waals surface area contributed by atoms with Crippen LogP contribution in [0.4, 0.5) is 5.69 Å². The lowest BCUT2D eigenvalue weighted by Crippen LogP contribution is -2.34. The minimum absolute atomic E-state index is 0.181. The molecular weight excluding hydrogens is 460 g/mol. The zero-order valence-corrected chi connectivity index (χ0v) is 18.7. The van der Waals surface area contributed by atoms with Crippen molar-refractivity contribution in [1.82, 2.24) is 4.90 Å². The minimum atomic E-state index is -3.70. The van der Waals surface area contributed by atoms with E-state index in [0.29, 0.717) is 20.5 Å². The van der Waals surface area contributed by atoms with Gasteiger partial charge >= 0.3 is 0 Å². The predicted molar refractivity (Wildman–Crippen MR) is 110 cm³/mol. The molecule has 0 saturated heterocycles. The standard InChI is InChI=1S/C17H20BrClN2O3S2/c1-21(2)10-4-5-11-12(8-10)15(24-3)7-6-14(11)20-26(22,23)16-9-13(18)17(19)25-16/h6-7,9-10,20H,4-5,8H2,1-3H3. The Morgan fingerprint density at radius 3 is 2.65 bits per heavy atom. The number of sulfonamides is 1. The SMILES string of the molecule is COc1ccc(NS(=O)(=O)c2cc(Br)c(Cl)s2)c2c1CC(N(C)C)CC2. The van der Waals surface area contributed by atoms with Gasteiger partial charge in [0.2, 0.25) is 0 Å². The van der Waals surface area contributed by atoms with Crippen LogP contribution in [0.5, 0.6) is 5.75 Å². The van der Waals surface area contributed by atoms with E-state index < -0.39 is 10.0 Å². The van der Waals surface area contributed by atoms with Crippen LogP contribution in [0.3, 0.4) is 0 Å². The molecule has 1 aliphatic rings. The average molecular weight is 480 g/mol. The number of halogens is 2. The Balaban J connectivity index is 1.98. The van der Waals surface area contributed by atoms with Gasteiger partial charge in [-0.1, -0.05) is 11.6 Å². The van der Waals surface area contributed by atoms with Crippen LogP contribution in [0.1, 0.15) is 17.5 Å². The number of likely N-dealkylation sites (N-methyl/N-ethyl adjacent to an activating group) is 1. The maximum atomic E-state index is 12.8. The number of thiophene rings is 1. The molecule has 2 aromatic rings. The zero-order valence-electron chi connectivity index (χ0n) is 14.7. The lowest BCUT2D eigenvalue weighted by atomic mass is 9.86. The van der Waals surface area contributed by atoms with Crippen LogP contribution in [0.2, 0.25) is 4.34 Å². The molecule has 0 bridgehead atoms. The third-order valence-electron chi connectivity index (χ3n) is 4.64. The van der Waals surface area contributed by atoms with Crippen LogP contribution < -0.4 is 9.46 Å². The molecule has 0 saturated carbocycles. The highest BCUT2D eigenvalue weighted by Crippen LogP contribution is 2.39. The second-order valence-electron chi connectivity index (χ2n) is 6.43.